The van der Waals surface area contributed by atoms with Crippen LogP contribution in [-0.4, -0.2) is 37.3 Å². The Kier molecular flexibility index (Phi) is 4.34. The Bertz CT molecular complexity index is 356. The van der Waals surface area contributed by atoms with Crippen molar-refractivity contribution in [1.82, 2.24) is 10.3 Å². The van der Waals surface area contributed by atoms with Crippen LogP contribution in [0.2, 0.25) is 0 Å². The van der Waals surface area contributed by atoms with Gasteiger partial charge in [0.2, 0.25) is 0 Å². The van der Waals surface area contributed by atoms with Crippen LogP contribution in [0.15, 0.2) is 18.3 Å². The first-order valence-corrected chi connectivity index (χ1v) is 6.32. The average Bonchev–Trinajstić information content (AvgIpc) is 2.37. The van der Waals surface area contributed by atoms with Crippen molar-refractivity contribution < 1.29 is 4.74 Å². The molecule has 0 spiro atoms. The molecule has 1 N–H and O–H groups in total. The number of ether oxygens (including phenoxy) is 1. The van der Waals surface area contributed by atoms with Crippen molar-refractivity contribution in [2.45, 2.75) is 26.5 Å². The van der Waals surface area contributed by atoms with Crippen molar-refractivity contribution in [3.63, 3.8) is 0 Å². The van der Waals surface area contributed by atoms with Crippen molar-refractivity contribution in [1.29, 1.82) is 0 Å². The zero-order chi connectivity index (χ0) is 12.1. The third-order valence-corrected chi connectivity index (χ3v) is 2.97. The highest BCUT2D eigenvalue weighted by molar-refractivity contribution is 5.47. The maximum absolute atomic E-state index is 5.57. The molecule has 0 saturated carbocycles. The summed E-state index contributed by atoms with van der Waals surface area (Å²) in [5.74, 6) is 1.10. The van der Waals surface area contributed by atoms with Crippen LogP contribution >= 0.6 is 0 Å². The Balaban J connectivity index is 2.12. The largest absolute Gasteiger partial charge is 0.375 e. The van der Waals surface area contributed by atoms with Crippen molar-refractivity contribution >= 4 is 5.82 Å². The maximum Gasteiger partial charge on any atom is 0.133 e. The van der Waals surface area contributed by atoms with Crippen LogP contribution in [0.4, 0.5) is 5.82 Å². The lowest BCUT2D eigenvalue weighted by Gasteiger charge is -2.33. The molecule has 94 valence electrons. The van der Waals surface area contributed by atoms with Crippen molar-refractivity contribution in [2.24, 2.45) is 0 Å². The molecular formula is C13H21N3O. The summed E-state index contributed by atoms with van der Waals surface area (Å²) in [6.07, 6.45) is 2.16. The highest BCUT2D eigenvalue weighted by Gasteiger charge is 2.19. The minimum absolute atomic E-state index is 0.290. The van der Waals surface area contributed by atoms with Crippen LogP contribution in [-0.2, 0) is 11.3 Å². The summed E-state index contributed by atoms with van der Waals surface area (Å²) in [4.78, 5) is 6.84. The van der Waals surface area contributed by atoms with E-state index in [1.54, 1.807) is 0 Å². The van der Waals surface area contributed by atoms with Gasteiger partial charge in [0, 0.05) is 31.4 Å². The summed E-state index contributed by atoms with van der Waals surface area (Å²) in [5.41, 5.74) is 1.27. The van der Waals surface area contributed by atoms with Crippen LogP contribution in [0.25, 0.3) is 0 Å². The normalized spacial score (nSPS) is 20.6. The summed E-state index contributed by atoms with van der Waals surface area (Å²) >= 11 is 0. The van der Waals surface area contributed by atoms with Gasteiger partial charge in [-0.15, -0.1) is 0 Å². The highest BCUT2D eigenvalue weighted by atomic mass is 16.5. The number of morpholine rings is 1. The highest BCUT2D eigenvalue weighted by Crippen LogP contribution is 2.19. The van der Waals surface area contributed by atoms with Gasteiger partial charge in [0.25, 0.3) is 0 Å². The van der Waals surface area contributed by atoms with Gasteiger partial charge >= 0.3 is 0 Å². The smallest absolute Gasteiger partial charge is 0.133 e. The van der Waals surface area contributed by atoms with Crippen molar-refractivity contribution in [2.75, 3.05) is 31.1 Å². The van der Waals surface area contributed by atoms with E-state index in [1.165, 1.54) is 5.56 Å². The second kappa shape index (κ2) is 5.98. The molecule has 0 aromatic carbocycles. The zero-order valence-corrected chi connectivity index (χ0v) is 10.6. The van der Waals surface area contributed by atoms with E-state index in [0.29, 0.717) is 0 Å². The van der Waals surface area contributed by atoms with Gasteiger partial charge in [0.05, 0.1) is 12.7 Å². The summed E-state index contributed by atoms with van der Waals surface area (Å²) in [6.45, 7) is 8.74. The van der Waals surface area contributed by atoms with Gasteiger partial charge in [-0.05, 0) is 19.5 Å². The fraction of sp³-hybridized carbons (Fsp3) is 0.615. The van der Waals surface area contributed by atoms with E-state index < -0.39 is 0 Å². The molecule has 1 aromatic rings. The Labute approximate surface area is 103 Å². The van der Waals surface area contributed by atoms with E-state index in [0.717, 1.165) is 38.6 Å². The van der Waals surface area contributed by atoms with Gasteiger partial charge in [-0.3, -0.25) is 0 Å². The number of pyridine rings is 1. The Morgan fingerprint density at radius 3 is 3.24 bits per heavy atom. The summed E-state index contributed by atoms with van der Waals surface area (Å²) < 4.78 is 5.57. The van der Waals surface area contributed by atoms with E-state index in [1.807, 2.05) is 12.3 Å². The molecule has 17 heavy (non-hydrogen) atoms. The number of rotatable bonds is 4. The van der Waals surface area contributed by atoms with Gasteiger partial charge in [-0.2, -0.15) is 0 Å². The molecule has 0 bridgehead atoms. The minimum Gasteiger partial charge on any atom is -0.375 e. The lowest BCUT2D eigenvalue weighted by atomic mass is 10.2. The number of nitrogens with zero attached hydrogens (tertiary/aromatic N) is 2. The van der Waals surface area contributed by atoms with Crippen molar-refractivity contribution in [3.8, 4) is 0 Å². The second-order valence-electron chi connectivity index (χ2n) is 4.39. The van der Waals surface area contributed by atoms with Gasteiger partial charge in [0.1, 0.15) is 5.82 Å². The molecule has 1 fully saturated rings. The lowest BCUT2D eigenvalue weighted by Crippen LogP contribution is -2.42. The summed E-state index contributed by atoms with van der Waals surface area (Å²) in [5, 5.41) is 3.36. The first-order chi connectivity index (χ1) is 8.31. The first kappa shape index (κ1) is 12.3. The molecule has 1 atom stereocenters. The molecule has 1 aromatic heterocycles. The van der Waals surface area contributed by atoms with Crippen LogP contribution in [0.1, 0.15) is 19.4 Å². The third kappa shape index (κ3) is 3.17. The Hall–Kier alpha value is -1.13. The molecule has 4 nitrogen and oxygen atoms in total. The lowest BCUT2D eigenvalue weighted by molar-refractivity contribution is 0.0529. The van der Waals surface area contributed by atoms with E-state index >= 15 is 0 Å². The minimum atomic E-state index is 0.290. The average molecular weight is 235 g/mol. The topological polar surface area (TPSA) is 37.4 Å². The van der Waals surface area contributed by atoms with Crippen LogP contribution in [0.5, 0.6) is 0 Å². The molecule has 1 aliphatic heterocycles. The molecule has 0 aliphatic carbocycles. The Morgan fingerprint density at radius 2 is 2.47 bits per heavy atom. The van der Waals surface area contributed by atoms with E-state index in [2.05, 4.69) is 35.1 Å². The molecule has 1 unspecified atom stereocenters. The maximum atomic E-state index is 5.57. The predicted octanol–water partition coefficient (Wildman–Crippen LogP) is 1.42. The predicted molar refractivity (Wildman–Crippen MR) is 69.2 cm³/mol. The third-order valence-electron chi connectivity index (χ3n) is 2.97. The van der Waals surface area contributed by atoms with Crippen LogP contribution in [0, 0.1) is 0 Å². The number of nitrogens with one attached hydrogen (secondary N) is 1. The summed E-state index contributed by atoms with van der Waals surface area (Å²) in [6, 6.07) is 4.14. The fourth-order valence-electron chi connectivity index (χ4n) is 2.12. The first-order valence-electron chi connectivity index (χ1n) is 6.32. The van der Waals surface area contributed by atoms with Gasteiger partial charge in [0.15, 0.2) is 0 Å². The van der Waals surface area contributed by atoms with E-state index in [4.69, 9.17) is 4.74 Å². The van der Waals surface area contributed by atoms with Crippen LogP contribution < -0.4 is 10.2 Å². The number of aromatic nitrogens is 1. The monoisotopic (exact) mass is 235 g/mol. The van der Waals surface area contributed by atoms with E-state index in [9.17, 15) is 0 Å². The summed E-state index contributed by atoms with van der Waals surface area (Å²) in [7, 11) is 0. The second-order valence-corrected chi connectivity index (χ2v) is 4.39. The molecule has 2 rings (SSSR count). The molecule has 1 saturated heterocycles. The fourth-order valence-corrected chi connectivity index (χ4v) is 2.12. The SMILES string of the molecule is CCNCc1cccnc1N1CCOC(C)C1. The molecule has 0 amide bonds. The molecular weight excluding hydrogens is 214 g/mol. The van der Waals surface area contributed by atoms with Crippen molar-refractivity contribution in [3.05, 3.63) is 23.9 Å². The van der Waals surface area contributed by atoms with Gasteiger partial charge in [-0.25, -0.2) is 4.98 Å². The quantitative estimate of drug-likeness (QED) is 0.856. The molecule has 0 radical (unpaired) electrons. The number of hydrogen-bond donors (Lipinski definition) is 1. The van der Waals surface area contributed by atoms with E-state index in [-0.39, 0.29) is 6.10 Å². The molecule has 4 heteroatoms. The van der Waals surface area contributed by atoms with Gasteiger partial charge in [-0.1, -0.05) is 13.0 Å². The standard InChI is InChI=1S/C13H21N3O/c1-3-14-9-12-5-4-6-15-13(12)16-7-8-17-11(2)10-16/h4-6,11,14H,3,7-10H2,1-2H3. The number of hydrogen-bond acceptors (Lipinski definition) is 4. The molecule has 1 aliphatic rings. The molecule has 2 heterocycles. The number of anilines is 1. The Morgan fingerprint density at radius 1 is 1.59 bits per heavy atom. The van der Waals surface area contributed by atoms with Crippen LogP contribution in [0.3, 0.4) is 0 Å². The zero-order valence-electron chi connectivity index (χ0n) is 10.6. The van der Waals surface area contributed by atoms with Gasteiger partial charge < -0.3 is 15.0 Å².